The number of carbonyl (C=O) groups is 3. The van der Waals surface area contributed by atoms with E-state index < -0.39 is 5.54 Å². The number of methoxy groups -OCH3 is 1. The molecule has 1 aromatic carbocycles. The Morgan fingerprint density at radius 1 is 1.23 bits per heavy atom. The lowest BCUT2D eigenvalue weighted by atomic mass is 9.93. The highest BCUT2D eigenvalue weighted by atomic mass is 32.1. The Hall–Kier alpha value is -3.33. The zero-order valence-electron chi connectivity index (χ0n) is 20.2. The van der Waals surface area contributed by atoms with Gasteiger partial charge in [0.1, 0.15) is 17.0 Å². The maximum atomic E-state index is 14.2. The molecule has 3 amide bonds. The molecule has 184 valence electrons. The molecule has 1 aliphatic carbocycles. The molecule has 0 bridgehead atoms. The van der Waals surface area contributed by atoms with Crippen molar-refractivity contribution in [2.24, 2.45) is 0 Å². The first-order valence-electron chi connectivity index (χ1n) is 11.9. The third-order valence-corrected chi connectivity index (χ3v) is 8.02. The molecule has 2 aliphatic rings. The molecular weight excluding hydrogens is 464 g/mol. The Morgan fingerprint density at radius 2 is 2.00 bits per heavy atom. The zero-order chi connectivity index (χ0) is 24.7. The minimum atomic E-state index is -1.10. The summed E-state index contributed by atoms with van der Waals surface area (Å²) < 4.78 is 7.28. The number of nitrogens with zero attached hydrogens (tertiary/aromatic N) is 2. The average Bonchev–Trinajstić information content (AvgIpc) is 3.58. The van der Waals surface area contributed by atoms with E-state index >= 15 is 0 Å². The predicted molar refractivity (Wildman–Crippen MR) is 136 cm³/mol. The van der Waals surface area contributed by atoms with Gasteiger partial charge in [-0.15, -0.1) is 11.3 Å². The predicted octanol–water partition coefficient (Wildman–Crippen LogP) is 4.14. The van der Waals surface area contributed by atoms with Crippen LogP contribution in [0.2, 0.25) is 0 Å². The van der Waals surface area contributed by atoms with Crippen LogP contribution in [0.1, 0.15) is 54.9 Å². The maximum absolute atomic E-state index is 14.2. The van der Waals surface area contributed by atoms with Gasteiger partial charge in [0.15, 0.2) is 0 Å². The molecule has 1 saturated carbocycles. The maximum Gasteiger partial charge on any atom is 0.273 e. The third kappa shape index (κ3) is 4.07. The van der Waals surface area contributed by atoms with Crippen molar-refractivity contribution in [3.05, 3.63) is 46.3 Å². The number of carbonyl (C=O) groups excluding carboxylic acids is 3. The summed E-state index contributed by atoms with van der Waals surface area (Å²) in [6.45, 7) is 3.86. The number of hydrogen-bond acceptors (Lipinski definition) is 5. The minimum Gasteiger partial charge on any atom is -0.497 e. The van der Waals surface area contributed by atoms with Crippen LogP contribution in [0.25, 0.3) is 10.9 Å². The lowest BCUT2D eigenvalue weighted by molar-refractivity contribution is -0.133. The molecule has 8 nitrogen and oxygen atoms in total. The van der Waals surface area contributed by atoms with E-state index in [0.29, 0.717) is 29.1 Å². The normalized spacial score (nSPS) is 20.2. The Balaban J connectivity index is 1.66. The Morgan fingerprint density at radius 3 is 2.66 bits per heavy atom. The van der Waals surface area contributed by atoms with Gasteiger partial charge in [-0.05, 0) is 49.4 Å². The molecule has 2 aromatic heterocycles. The van der Waals surface area contributed by atoms with E-state index in [9.17, 15) is 14.4 Å². The quantitative estimate of drug-likeness (QED) is 0.539. The van der Waals surface area contributed by atoms with Crippen LogP contribution < -0.4 is 15.4 Å². The molecular formula is C26H30N4O4S. The Bertz CT molecular complexity index is 1290. The standard InChI is InChI=1S/C26H30N4O4S/c1-16(31)27-22-20-13-18(34-3)10-11-21(20)29-15-26(2,25(33)28-17-7-4-5-8-17)30(24(32)23(22)29)14-19-9-6-12-35-19/h6,9-13,17H,4-5,7-8,14-15H2,1-3H3,(H,27,31)(H,28,33). The number of aromatic nitrogens is 1. The van der Waals surface area contributed by atoms with Gasteiger partial charge < -0.3 is 24.8 Å². The van der Waals surface area contributed by atoms with Crippen molar-refractivity contribution in [2.45, 2.75) is 64.2 Å². The second-order valence-electron chi connectivity index (χ2n) is 9.57. The van der Waals surface area contributed by atoms with Gasteiger partial charge in [0.2, 0.25) is 11.8 Å². The van der Waals surface area contributed by atoms with E-state index in [1.165, 1.54) is 6.92 Å². The number of anilines is 1. The van der Waals surface area contributed by atoms with Crippen LogP contribution in [0.15, 0.2) is 35.7 Å². The van der Waals surface area contributed by atoms with Crippen LogP contribution in [-0.2, 0) is 22.7 Å². The van der Waals surface area contributed by atoms with E-state index in [0.717, 1.165) is 36.1 Å². The molecule has 1 fully saturated rings. The van der Waals surface area contributed by atoms with Gasteiger partial charge in [-0.2, -0.15) is 0 Å². The van der Waals surface area contributed by atoms with E-state index in [1.54, 1.807) is 23.3 Å². The summed E-state index contributed by atoms with van der Waals surface area (Å²) in [5.41, 5.74) is 0.501. The molecule has 1 atom stereocenters. The van der Waals surface area contributed by atoms with Gasteiger partial charge in [0.25, 0.3) is 5.91 Å². The molecule has 3 aromatic rings. The lowest BCUT2D eigenvalue weighted by Crippen LogP contribution is -2.64. The third-order valence-electron chi connectivity index (χ3n) is 7.15. The molecule has 1 unspecified atom stereocenters. The first kappa shape index (κ1) is 23.4. The van der Waals surface area contributed by atoms with Crippen LogP contribution in [0.4, 0.5) is 5.69 Å². The van der Waals surface area contributed by atoms with Crippen LogP contribution in [0.3, 0.4) is 0 Å². The number of rotatable bonds is 6. The fourth-order valence-electron chi connectivity index (χ4n) is 5.31. The van der Waals surface area contributed by atoms with Gasteiger partial charge in [-0.25, -0.2) is 0 Å². The molecule has 0 spiro atoms. The monoisotopic (exact) mass is 494 g/mol. The second-order valence-corrected chi connectivity index (χ2v) is 10.6. The van der Waals surface area contributed by atoms with Gasteiger partial charge in [0.05, 0.1) is 31.4 Å². The van der Waals surface area contributed by atoms with Crippen molar-refractivity contribution in [1.29, 1.82) is 0 Å². The van der Waals surface area contributed by atoms with Gasteiger partial charge in [-0.1, -0.05) is 18.9 Å². The van der Waals surface area contributed by atoms with E-state index in [-0.39, 0.29) is 30.3 Å². The zero-order valence-corrected chi connectivity index (χ0v) is 21.0. The summed E-state index contributed by atoms with van der Waals surface area (Å²) in [5, 5.41) is 8.77. The molecule has 9 heteroatoms. The highest BCUT2D eigenvalue weighted by molar-refractivity contribution is 7.09. The number of amides is 3. The first-order valence-corrected chi connectivity index (χ1v) is 12.8. The number of thiophene rings is 1. The minimum absolute atomic E-state index is 0.139. The van der Waals surface area contributed by atoms with E-state index in [4.69, 9.17) is 4.74 Å². The van der Waals surface area contributed by atoms with Crippen molar-refractivity contribution in [3.63, 3.8) is 0 Å². The smallest absolute Gasteiger partial charge is 0.273 e. The van der Waals surface area contributed by atoms with E-state index in [1.807, 2.05) is 47.2 Å². The van der Waals surface area contributed by atoms with Crippen molar-refractivity contribution < 1.29 is 19.1 Å². The Labute approximate surface area is 208 Å². The molecule has 35 heavy (non-hydrogen) atoms. The summed E-state index contributed by atoms with van der Waals surface area (Å²) in [5.74, 6) is -0.0752. The van der Waals surface area contributed by atoms with Crippen LogP contribution in [0, 0.1) is 0 Å². The topological polar surface area (TPSA) is 92.7 Å². The van der Waals surface area contributed by atoms with Crippen LogP contribution in [-0.4, -0.2) is 45.9 Å². The summed E-state index contributed by atoms with van der Waals surface area (Å²) in [6, 6.07) is 9.57. The summed E-state index contributed by atoms with van der Waals surface area (Å²) in [4.78, 5) is 42.7. The average molecular weight is 495 g/mol. The highest BCUT2D eigenvalue weighted by Crippen LogP contribution is 2.41. The van der Waals surface area contributed by atoms with Crippen molar-refractivity contribution >= 4 is 45.6 Å². The van der Waals surface area contributed by atoms with Crippen molar-refractivity contribution in [1.82, 2.24) is 14.8 Å². The van der Waals surface area contributed by atoms with E-state index in [2.05, 4.69) is 10.6 Å². The molecule has 3 heterocycles. The molecule has 2 N–H and O–H groups in total. The first-order chi connectivity index (χ1) is 16.8. The SMILES string of the molecule is COc1ccc2c(c1)c(NC(C)=O)c1n2CC(C)(C(=O)NC2CCCC2)N(Cc2cccs2)C1=O. The van der Waals surface area contributed by atoms with Crippen LogP contribution >= 0.6 is 11.3 Å². The van der Waals surface area contributed by atoms with Crippen molar-refractivity contribution in [3.8, 4) is 5.75 Å². The lowest BCUT2D eigenvalue weighted by Gasteiger charge is -2.44. The number of ether oxygens (including phenoxy) is 1. The van der Waals surface area contributed by atoms with Gasteiger partial charge in [0, 0.05) is 23.2 Å². The second kappa shape index (κ2) is 9.03. The number of benzene rings is 1. The van der Waals surface area contributed by atoms with Crippen LogP contribution in [0.5, 0.6) is 5.75 Å². The summed E-state index contributed by atoms with van der Waals surface area (Å²) >= 11 is 1.55. The van der Waals surface area contributed by atoms with Gasteiger partial charge in [-0.3, -0.25) is 14.4 Å². The number of hydrogen-bond donors (Lipinski definition) is 2. The van der Waals surface area contributed by atoms with Crippen molar-refractivity contribution in [2.75, 3.05) is 12.4 Å². The number of nitrogens with one attached hydrogen (secondary N) is 2. The number of fused-ring (bicyclic) bond motifs is 3. The summed E-state index contributed by atoms with van der Waals surface area (Å²) in [6.07, 6.45) is 4.14. The summed E-state index contributed by atoms with van der Waals surface area (Å²) in [7, 11) is 1.58. The molecule has 0 saturated heterocycles. The van der Waals surface area contributed by atoms with Gasteiger partial charge >= 0.3 is 0 Å². The molecule has 0 radical (unpaired) electrons. The Kier molecular flexibility index (Phi) is 6.04. The molecule has 5 rings (SSSR count). The molecule has 1 aliphatic heterocycles. The highest BCUT2D eigenvalue weighted by Gasteiger charge is 2.49. The largest absolute Gasteiger partial charge is 0.497 e. The fraction of sp³-hybridized carbons (Fsp3) is 0.423. The fourth-order valence-corrected chi connectivity index (χ4v) is 6.00.